The van der Waals surface area contributed by atoms with Crippen molar-refractivity contribution in [1.29, 1.82) is 0 Å². The number of aromatic nitrogens is 2. The summed E-state index contributed by atoms with van der Waals surface area (Å²) in [6.07, 6.45) is 4.29. The first-order chi connectivity index (χ1) is 13.3. The normalized spacial score (nSPS) is 21.9. The molecule has 0 spiro atoms. The molecule has 2 unspecified atom stereocenters. The van der Waals surface area contributed by atoms with E-state index in [1.807, 2.05) is 18.2 Å². The first-order valence-electron chi connectivity index (χ1n) is 9.64. The highest BCUT2D eigenvalue weighted by Gasteiger charge is 2.55. The molecule has 2 aromatic carbocycles. The van der Waals surface area contributed by atoms with Crippen molar-refractivity contribution in [3.8, 4) is 0 Å². The summed E-state index contributed by atoms with van der Waals surface area (Å²) in [5.41, 5.74) is 7.11. The quantitative estimate of drug-likeness (QED) is 0.528. The maximum Gasteiger partial charge on any atom is 0.244 e. The zero-order valence-corrected chi connectivity index (χ0v) is 16.8. The van der Waals surface area contributed by atoms with Gasteiger partial charge in [-0.2, -0.15) is 10.2 Å². The average Bonchev–Trinajstić information content (AvgIpc) is 3.15. The monoisotopic (exact) mass is 374 g/mol. The fourth-order valence-corrected chi connectivity index (χ4v) is 3.70. The summed E-state index contributed by atoms with van der Waals surface area (Å²) >= 11 is 0. The number of hydrogen-bond donors (Lipinski definition) is 2. The molecule has 1 aliphatic rings. The van der Waals surface area contributed by atoms with E-state index in [0.717, 1.165) is 22.9 Å². The number of rotatable bonds is 4. The van der Waals surface area contributed by atoms with Crippen LogP contribution in [-0.2, 0) is 15.6 Å². The molecule has 1 aliphatic carbocycles. The van der Waals surface area contributed by atoms with E-state index in [9.17, 15) is 4.79 Å². The van der Waals surface area contributed by atoms with Crippen LogP contribution in [0.4, 0.5) is 0 Å². The number of fused-ring (bicyclic) bond motifs is 1. The molecular formula is C23H26N4O. The van der Waals surface area contributed by atoms with Crippen molar-refractivity contribution in [3.63, 3.8) is 0 Å². The molecule has 1 amide bonds. The second kappa shape index (κ2) is 6.59. The van der Waals surface area contributed by atoms with Crippen LogP contribution in [0.1, 0.15) is 50.8 Å². The van der Waals surface area contributed by atoms with Crippen molar-refractivity contribution >= 4 is 23.0 Å². The number of amides is 1. The van der Waals surface area contributed by atoms with Gasteiger partial charge in [0.1, 0.15) is 0 Å². The van der Waals surface area contributed by atoms with Crippen LogP contribution in [0.3, 0.4) is 0 Å². The van der Waals surface area contributed by atoms with E-state index in [1.54, 1.807) is 12.4 Å². The lowest BCUT2D eigenvalue weighted by molar-refractivity contribution is -0.122. The Morgan fingerprint density at radius 1 is 1.25 bits per heavy atom. The van der Waals surface area contributed by atoms with E-state index in [1.165, 1.54) is 11.1 Å². The molecule has 1 fully saturated rings. The topological polar surface area (TPSA) is 70.1 Å². The van der Waals surface area contributed by atoms with E-state index < -0.39 is 0 Å². The van der Waals surface area contributed by atoms with Gasteiger partial charge in [-0.1, -0.05) is 64.1 Å². The van der Waals surface area contributed by atoms with Gasteiger partial charge in [0.15, 0.2) is 0 Å². The van der Waals surface area contributed by atoms with Crippen molar-refractivity contribution < 1.29 is 4.79 Å². The molecule has 3 aromatic rings. The van der Waals surface area contributed by atoms with Gasteiger partial charge in [-0.15, -0.1) is 0 Å². The van der Waals surface area contributed by atoms with Gasteiger partial charge in [0.05, 0.1) is 23.8 Å². The first kappa shape index (κ1) is 18.4. The van der Waals surface area contributed by atoms with Crippen LogP contribution in [0, 0.1) is 5.92 Å². The van der Waals surface area contributed by atoms with E-state index in [0.29, 0.717) is 0 Å². The summed E-state index contributed by atoms with van der Waals surface area (Å²) in [6.45, 7) is 8.77. The molecule has 144 valence electrons. The van der Waals surface area contributed by atoms with Gasteiger partial charge in [0.25, 0.3) is 0 Å². The number of H-pyrrole nitrogens is 1. The minimum atomic E-state index is -0.106. The third kappa shape index (κ3) is 3.44. The van der Waals surface area contributed by atoms with Gasteiger partial charge in [-0.3, -0.25) is 9.89 Å². The number of carbonyl (C=O) groups is 1. The molecule has 4 rings (SSSR count). The van der Waals surface area contributed by atoms with Crippen molar-refractivity contribution in [3.05, 3.63) is 65.4 Å². The number of benzene rings is 2. The molecule has 0 aliphatic heterocycles. The van der Waals surface area contributed by atoms with Crippen molar-refractivity contribution in [2.45, 2.75) is 44.9 Å². The van der Waals surface area contributed by atoms with Gasteiger partial charge in [-0.05, 0) is 34.6 Å². The van der Waals surface area contributed by atoms with Gasteiger partial charge in [0, 0.05) is 10.8 Å². The molecule has 28 heavy (non-hydrogen) atoms. The molecule has 1 heterocycles. The lowest BCUT2D eigenvalue weighted by Gasteiger charge is -2.20. The highest BCUT2D eigenvalue weighted by molar-refractivity contribution is 5.89. The van der Waals surface area contributed by atoms with Crippen LogP contribution in [0.5, 0.6) is 0 Å². The maximum atomic E-state index is 12.5. The standard InChI is InChI=1S/C23H26N4O/c1-22(2,3)17-7-9-18(10-8-17)23(4)12-19(23)21(28)27-24-13-15-5-6-16-14-25-26-20(16)11-15/h5-11,13-14,19H,12H2,1-4H3,(H,25,26)(H,27,28)/b24-13+. The van der Waals surface area contributed by atoms with Gasteiger partial charge >= 0.3 is 0 Å². The molecule has 2 N–H and O–H groups in total. The molecule has 5 nitrogen and oxygen atoms in total. The number of nitrogens with one attached hydrogen (secondary N) is 2. The summed E-state index contributed by atoms with van der Waals surface area (Å²) in [7, 11) is 0. The SMILES string of the molecule is CC(C)(C)c1ccc(C2(C)CC2C(=O)N/N=C/c2ccc3cn[nH]c3c2)cc1. The maximum absolute atomic E-state index is 12.5. The molecule has 0 radical (unpaired) electrons. The molecule has 2 atom stereocenters. The van der Waals surface area contributed by atoms with Gasteiger partial charge < -0.3 is 0 Å². The molecule has 0 saturated heterocycles. The Kier molecular flexibility index (Phi) is 4.33. The Morgan fingerprint density at radius 2 is 2.00 bits per heavy atom. The largest absolute Gasteiger partial charge is 0.278 e. The third-order valence-corrected chi connectivity index (χ3v) is 5.82. The summed E-state index contributed by atoms with van der Waals surface area (Å²) in [4.78, 5) is 12.5. The second-order valence-corrected chi connectivity index (χ2v) is 8.95. The van der Waals surface area contributed by atoms with Crippen LogP contribution in [0.15, 0.2) is 53.8 Å². The fourth-order valence-electron chi connectivity index (χ4n) is 3.70. The van der Waals surface area contributed by atoms with Crippen LogP contribution in [0.2, 0.25) is 0 Å². The van der Waals surface area contributed by atoms with E-state index in [4.69, 9.17) is 0 Å². The predicted molar refractivity (Wildman–Crippen MR) is 112 cm³/mol. The Bertz CT molecular complexity index is 1040. The van der Waals surface area contributed by atoms with Crippen molar-refractivity contribution in [1.82, 2.24) is 15.6 Å². The Morgan fingerprint density at radius 3 is 2.71 bits per heavy atom. The van der Waals surface area contributed by atoms with Crippen molar-refractivity contribution in [2.75, 3.05) is 0 Å². The summed E-state index contributed by atoms with van der Waals surface area (Å²) in [5, 5.41) is 12.1. The van der Waals surface area contributed by atoms with E-state index in [-0.39, 0.29) is 22.7 Å². The molecular weight excluding hydrogens is 348 g/mol. The zero-order chi connectivity index (χ0) is 19.9. The van der Waals surface area contributed by atoms with Crippen LogP contribution >= 0.6 is 0 Å². The Labute approximate surface area is 165 Å². The Hall–Kier alpha value is -2.95. The smallest absolute Gasteiger partial charge is 0.244 e. The summed E-state index contributed by atoms with van der Waals surface area (Å²) < 4.78 is 0. The van der Waals surface area contributed by atoms with E-state index >= 15 is 0 Å². The third-order valence-electron chi connectivity index (χ3n) is 5.82. The summed E-state index contributed by atoms with van der Waals surface area (Å²) in [6, 6.07) is 14.6. The zero-order valence-electron chi connectivity index (χ0n) is 16.8. The first-order valence-corrected chi connectivity index (χ1v) is 9.64. The van der Waals surface area contributed by atoms with Crippen LogP contribution < -0.4 is 5.43 Å². The number of nitrogens with zero attached hydrogens (tertiary/aromatic N) is 2. The van der Waals surface area contributed by atoms with Gasteiger partial charge in [-0.25, -0.2) is 5.43 Å². The second-order valence-electron chi connectivity index (χ2n) is 8.95. The van der Waals surface area contributed by atoms with E-state index in [2.05, 4.69) is 72.7 Å². The number of aromatic amines is 1. The van der Waals surface area contributed by atoms with Crippen LogP contribution in [-0.4, -0.2) is 22.3 Å². The lowest BCUT2D eigenvalue weighted by Crippen LogP contribution is -2.23. The average molecular weight is 374 g/mol. The highest BCUT2D eigenvalue weighted by atomic mass is 16.2. The summed E-state index contributed by atoms with van der Waals surface area (Å²) in [5.74, 6) is -0.0681. The van der Waals surface area contributed by atoms with Crippen molar-refractivity contribution in [2.24, 2.45) is 11.0 Å². The lowest BCUT2D eigenvalue weighted by atomic mass is 9.85. The predicted octanol–water partition coefficient (Wildman–Crippen LogP) is 4.29. The Balaban J connectivity index is 1.39. The molecule has 1 saturated carbocycles. The molecule has 1 aromatic heterocycles. The fraction of sp³-hybridized carbons (Fsp3) is 0.348. The minimum absolute atomic E-state index is 0.0266. The highest BCUT2D eigenvalue weighted by Crippen LogP contribution is 2.54. The molecule has 5 heteroatoms. The van der Waals surface area contributed by atoms with Gasteiger partial charge in [0.2, 0.25) is 5.91 Å². The number of hydrazone groups is 1. The number of carbonyl (C=O) groups excluding carboxylic acids is 1. The minimum Gasteiger partial charge on any atom is -0.278 e. The number of hydrogen-bond acceptors (Lipinski definition) is 3. The molecule has 0 bridgehead atoms. The van der Waals surface area contributed by atoms with Crippen LogP contribution in [0.25, 0.3) is 10.9 Å².